The molecule has 0 aromatic heterocycles. The number of carbonyl (C=O) groups excluding carboxylic acids is 1. The van der Waals surface area contributed by atoms with E-state index in [0.29, 0.717) is 6.42 Å². The highest BCUT2D eigenvalue weighted by atomic mass is 28.4. The standard InChI is InChI=1S/C24H34O2Si/c1-5-6-9-14-21(19-20-25)26-27(24(2,3)4,22-15-10-7-11-16-22)23-17-12-8-13-18-23/h7-8,10-13,15-18,20-21H,5-6,9,14,19H2,1-4H3/t21-/m1/s1. The second-order valence-corrected chi connectivity index (χ2v) is 12.6. The number of carbonyl (C=O) groups is 1. The molecule has 0 amide bonds. The van der Waals surface area contributed by atoms with Gasteiger partial charge in [0.25, 0.3) is 8.32 Å². The minimum absolute atomic E-state index is 0.0275. The summed E-state index contributed by atoms with van der Waals surface area (Å²) in [6.07, 6.45) is 5.86. The van der Waals surface area contributed by atoms with Crippen LogP contribution in [0.1, 0.15) is 59.8 Å². The molecule has 0 saturated heterocycles. The predicted molar refractivity (Wildman–Crippen MR) is 117 cm³/mol. The zero-order chi connectivity index (χ0) is 19.8. The van der Waals surface area contributed by atoms with Gasteiger partial charge in [-0.15, -0.1) is 0 Å². The summed E-state index contributed by atoms with van der Waals surface area (Å²) < 4.78 is 7.07. The van der Waals surface area contributed by atoms with E-state index in [1.54, 1.807) is 0 Å². The Morgan fingerprint density at radius 1 is 0.926 bits per heavy atom. The molecule has 1 atom stereocenters. The lowest BCUT2D eigenvalue weighted by Gasteiger charge is -2.45. The Labute approximate surface area is 166 Å². The molecule has 0 spiro atoms. The maximum absolute atomic E-state index is 11.4. The molecular formula is C24H34O2Si. The molecule has 0 unspecified atom stereocenters. The highest BCUT2D eigenvalue weighted by Gasteiger charge is 2.51. The average molecular weight is 383 g/mol. The van der Waals surface area contributed by atoms with Gasteiger partial charge in [-0.05, 0) is 21.8 Å². The predicted octanol–water partition coefficient (Wildman–Crippen LogP) is 5.10. The fourth-order valence-electron chi connectivity index (χ4n) is 3.90. The summed E-state index contributed by atoms with van der Waals surface area (Å²) in [4.78, 5) is 11.4. The summed E-state index contributed by atoms with van der Waals surface area (Å²) in [7, 11) is -2.57. The van der Waals surface area contributed by atoms with Gasteiger partial charge in [-0.2, -0.15) is 0 Å². The highest BCUT2D eigenvalue weighted by molar-refractivity contribution is 6.99. The Balaban J connectivity index is 2.55. The molecule has 2 aromatic carbocycles. The van der Waals surface area contributed by atoms with Gasteiger partial charge in [0.05, 0.1) is 6.10 Å². The Bertz CT molecular complexity index is 637. The van der Waals surface area contributed by atoms with Crippen molar-refractivity contribution in [3.05, 3.63) is 60.7 Å². The number of aldehydes is 1. The summed E-state index contributed by atoms with van der Waals surface area (Å²) in [6, 6.07) is 21.3. The van der Waals surface area contributed by atoms with Crippen LogP contribution >= 0.6 is 0 Å². The zero-order valence-corrected chi connectivity index (χ0v) is 18.3. The minimum atomic E-state index is -2.57. The molecule has 146 valence electrons. The first-order valence-corrected chi connectivity index (χ1v) is 12.1. The van der Waals surface area contributed by atoms with Crippen molar-refractivity contribution in [1.29, 1.82) is 0 Å². The molecule has 0 fully saturated rings. The topological polar surface area (TPSA) is 26.3 Å². The van der Waals surface area contributed by atoms with Gasteiger partial charge in [0.15, 0.2) is 0 Å². The van der Waals surface area contributed by atoms with E-state index < -0.39 is 8.32 Å². The summed E-state index contributed by atoms with van der Waals surface area (Å²) in [5.74, 6) is 0. The van der Waals surface area contributed by atoms with Crippen molar-refractivity contribution in [2.24, 2.45) is 0 Å². The molecule has 0 radical (unpaired) electrons. The molecule has 0 N–H and O–H groups in total. The fourth-order valence-corrected chi connectivity index (χ4v) is 8.62. The van der Waals surface area contributed by atoms with Gasteiger partial charge in [0.2, 0.25) is 0 Å². The van der Waals surface area contributed by atoms with E-state index in [1.165, 1.54) is 23.2 Å². The lowest BCUT2D eigenvalue weighted by atomic mass is 10.1. The maximum atomic E-state index is 11.4. The minimum Gasteiger partial charge on any atom is -0.404 e. The quantitative estimate of drug-likeness (QED) is 0.325. The molecule has 0 aliphatic rings. The summed E-state index contributed by atoms with van der Waals surface area (Å²) in [5, 5.41) is 2.49. The third-order valence-electron chi connectivity index (χ3n) is 5.25. The van der Waals surface area contributed by atoms with Crippen LogP contribution in [-0.4, -0.2) is 20.7 Å². The molecule has 27 heavy (non-hydrogen) atoms. The fraction of sp³-hybridized carbons (Fsp3) is 0.458. The van der Waals surface area contributed by atoms with Gasteiger partial charge in [0.1, 0.15) is 6.29 Å². The molecule has 0 saturated carbocycles. The summed E-state index contributed by atoms with van der Waals surface area (Å²) >= 11 is 0. The molecule has 2 nitrogen and oxygen atoms in total. The van der Waals surface area contributed by atoms with Crippen molar-refractivity contribution in [3.63, 3.8) is 0 Å². The van der Waals surface area contributed by atoms with E-state index in [0.717, 1.165) is 19.1 Å². The monoisotopic (exact) mass is 382 g/mol. The van der Waals surface area contributed by atoms with Crippen molar-refractivity contribution < 1.29 is 9.22 Å². The van der Waals surface area contributed by atoms with Gasteiger partial charge >= 0.3 is 0 Å². The van der Waals surface area contributed by atoms with Crippen molar-refractivity contribution in [2.75, 3.05) is 0 Å². The first-order valence-electron chi connectivity index (χ1n) is 10.2. The number of hydrogen-bond acceptors (Lipinski definition) is 2. The van der Waals surface area contributed by atoms with Gasteiger partial charge in [0, 0.05) is 6.42 Å². The molecule has 2 rings (SSSR count). The first-order chi connectivity index (χ1) is 13.0. The van der Waals surface area contributed by atoms with Crippen LogP contribution in [0.25, 0.3) is 0 Å². The Morgan fingerprint density at radius 2 is 1.44 bits per heavy atom. The molecule has 0 aliphatic heterocycles. The number of benzene rings is 2. The van der Waals surface area contributed by atoms with Crippen LogP contribution in [0.15, 0.2) is 60.7 Å². The number of rotatable bonds is 10. The van der Waals surface area contributed by atoms with Crippen molar-refractivity contribution in [1.82, 2.24) is 0 Å². The van der Waals surface area contributed by atoms with Gasteiger partial charge in [-0.25, -0.2) is 0 Å². The maximum Gasteiger partial charge on any atom is 0.261 e. The first kappa shape index (κ1) is 21.6. The lowest BCUT2D eigenvalue weighted by Crippen LogP contribution is -2.67. The van der Waals surface area contributed by atoms with Gasteiger partial charge in [-0.1, -0.05) is 108 Å². The smallest absolute Gasteiger partial charge is 0.261 e. The van der Waals surface area contributed by atoms with Gasteiger partial charge in [-0.3, -0.25) is 0 Å². The summed E-state index contributed by atoms with van der Waals surface area (Å²) in [5.41, 5.74) is 0. The van der Waals surface area contributed by atoms with Crippen LogP contribution < -0.4 is 10.4 Å². The normalized spacial score (nSPS) is 13.3. The Hall–Kier alpha value is -1.71. The third kappa shape index (κ3) is 5.17. The Kier molecular flexibility index (Phi) is 8.00. The highest BCUT2D eigenvalue weighted by Crippen LogP contribution is 2.38. The number of hydrogen-bond donors (Lipinski definition) is 0. The second-order valence-electron chi connectivity index (χ2n) is 8.30. The van der Waals surface area contributed by atoms with Crippen molar-refractivity contribution in [2.45, 2.75) is 70.9 Å². The van der Waals surface area contributed by atoms with E-state index in [4.69, 9.17) is 4.43 Å². The van der Waals surface area contributed by atoms with E-state index in [1.807, 2.05) is 0 Å². The van der Waals surface area contributed by atoms with E-state index in [-0.39, 0.29) is 11.1 Å². The average Bonchev–Trinajstić information content (AvgIpc) is 2.66. The molecule has 0 heterocycles. The lowest BCUT2D eigenvalue weighted by molar-refractivity contribution is -0.109. The molecular weight excluding hydrogens is 348 g/mol. The molecule has 0 bridgehead atoms. The molecule has 2 aromatic rings. The summed E-state index contributed by atoms with van der Waals surface area (Å²) in [6.45, 7) is 9.05. The van der Waals surface area contributed by atoms with Crippen molar-refractivity contribution >= 4 is 25.0 Å². The Morgan fingerprint density at radius 3 is 1.85 bits per heavy atom. The molecule has 0 aliphatic carbocycles. The van der Waals surface area contributed by atoms with Crippen LogP contribution in [0.5, 0.6) is 0 Å². The SMILES string of the molecule is CCCCC[C@H](CC=O)O[Si](c1ccccc1)(c1ccccc1)C(C)(C)C. The van der Waals surface area contributed by atoms with Crippen LogP contribution in [0, 0.1) is 0 Å². The molecule has 3 heteroatoms. The van der Waals surface area contributed by atoms with Crippen LogP contribution in [0.3, 0.4) is 0 Å². The third-order valence-corrected chi connectivity index (χ3v) is 10.3. The number of unbranched alkanes of at least 4 members (excludes halogenated alkanes) is 2. The zero-order valence-electron chi connectivity index (χ0n) is 17.3. The van der Waals surface area contributed by atoms with Crippen LogP contribution in [0.2, 0.25) is 5.04 Å². The van der Waals surface area contributed by atoms with E-state index in [2.05, 4.69) is 88.4 Å². The van der Waals surface area contributed by atoms with Crippen LogP contribution in [-0.2, 0) is 9.22 Å². The van der Waals surface area contributed by atoms with E-state index in [9.17, 15) is 4.79 Å². The van der Waals surface area contributed by atoms with E-state index >= 15 is 0 Å². The van der Waals surface area contributed by atoms with Gasteiger partial charge < -0.3 is 9.22 Å². The second kappa shape index (κ2) is 10.0. The van der Waals surface area contributed by atoms with Crippen LogP contribution in [0.4, 0.5) is 0 Å². The van der Waals surface area contributed by atoms with Crippen molar-refractivity contribution in [3.8, 4) is 0 Å². The largest absolute Gasteiger partial charge is 0.404 e.